The Bertz CT molecular complexity index is 1040. The van der Waals surface area contributed by atoms with Crippen LogP contribution < -0.4 is 5.73 Å². The molecule has 30 heavy (non-hydrogen) atoms. The molecule has 0 radical (unpaired) electrons. The van der Waals surface area contributed by atoms with Crippen molar-refractivity contribution in [3.05, 3.63) is 58.7 Å². The van der Waals surface area contributed by atoms with E-state index < -0.39 is 10.0 Å². The summed E-state index contributed by atoms with van der Waals surface area (Å²) in [4.78, 5) is 14.2. The zero-order valence-corrected chi connectivity index (χ0v) is 18.8. The van der Waals surface area contributed by atoms with E-state index in [1.807, 2.05) is 0 Å². The van der Waals surface area contributed by atoms with Crippen LogP contribution in [-0.4, -0.2) is 68.0 Å². The van der Waals surface area contributed by atoms with E-state index in [0.717, 1.165) is 9.87 Å². The van der Waals surface area contributed by atoms with Gasteiger partial charge in [-0.2, -0.15) is 5.10 Å². The first-order valence-electron chi connectivity index (χ1n) is 9.42. The molecule has 1 aromatic carbocycles. The van der Waals surface area contributed by atoms with E-state index in [0.29, 0.717) is 24.2 Å². The van der Waals surface area contributed by atoms with Gasteiger partial charge in [-0.05, 0) is 24.6 Å². The number of halogens is 1. The van der Waals surface area contributed by atoms with Crippen LogP contribution in [0.4, 0.5) is 4.39 Å². The smallest absolute Gasteiger partial charge is 0.274 e. The van der Waals surface area contributed by atoms with Gasteiger partial charge in [0.25, 0.3) is 5.91 Å². The lowest BCUT2D eigenvalue weighted by Crippen LogP contribution is -2.49. The van der Waals surface area contributed by atoms with Gasteiger partial charge < -0.3 is 10.6 Å². The molecule has 0 saturated carbocycles. The predicted octanol–water partition coefficient (Wildman–Crippen LogP) is 0.830. The van der Waals surface area contributed by atoms with Crippen molar-refractivity contribution < 1.29 is 23.3 Å². The number of amides is 1. The molecule has 0 aliphatic carbocycles. The number of benzene rings is 1. The summed E-state index contributed by atoms with van der Waals surface area (Å²) in [5, 5.41) is 4.35. The van der Waals surface area contributed by atoms with Crippen LogP contribution in [0.25, 0.3) is 0 Å². The van der Waals surface area contributed by atoms with Crippen molar-refractivity contribution in [2.45, 2.75) is 24.8 Å². The highest BCUT2D eigenvalue weighted by Crippen LogP contribution is 2.22. The monoisotopic (exact) mass is 438 g/mol. The first-order chi connectivity index (χ1) is 14.0. The largest absolute Gasteiger partial charge is 0.354 e. The van der Waals surface area contributed by atoms with Crippen molar-refractivity contribution in [3.63, 3.8) is 0 Å². The van der Waals surface area contributed by atoms with Crippen LogP contribution in [0.1, 0.15) is 27.3 Å². The molecule has 2 aromatic rings. The highest BCUT2D eigenvalue weighted by Gasteiger charge is 2.23. The zero-order valence-electron chi connectivity index (χ0n) is 18.0. The second kappa shape index (κ2) is 9.50. The van der Waals surface area contributed by atoms with Gasteiger partial charge in [0, 0.05) is 51.9 Å². The van der Waals surface area contributed by atoms with E-state index in [9.17, 15) is 17.6 Å². The minimum Gasteiger partial charge on any atom is -0.354 e. The summed E-state index contributed by atoms with van der Waals surface area (Å²) in [6.07, 6.45) is 1.74. The average molecular weight is 439 g/mol. The molecule has 0 saturated heterocycles. The molecule has 8 nitrogen and oxygen atoms in total. The molecule has 0 bridgehead atoms. The topological polar surface area (TPSA) is 103 Å². The fraction of sp³-hybridized carbons (Fsp3) is 0.400. The molecule has 1 amide bonds. The molecule has 0 aliphatic rings. The number of sulfonamides is 1. The lowest BCUT2D eigenvalue weighted by molar-refractivity contribution is -0.353. The fourth-order valence-corrected chi connectivity index (χ4v) is 3.79. The van der Waals surface area contributed by atoms with Crippen molar-refractivity contribution in [2.75, 3.05) is 34.7 Å². The number of aromatic nitrogens is 2. The minimum atomic E-state index is -3.52. The normalized spacial score (nSPS) is 12.5. The van der Waals surface area contributed by atoms with E-state index in [1.165, 1.54) is 41.9 Å². The van der Waals surface area contributed by atoms with Crippen LogP contribution in [0.3, 0.4) is 0 Å². The van der Waals surface area contributed by atoms with Gasteiger partial charge in [-0.25, -0.2) is 17.1 Å². The van der Waals surface area contributed by atoms with Crippen molar-refractivity contribution in [2.24, 2.45) is 0 Å². The number of hydrogen-bond acceptors (Lipinski definition) is 4. The molecule has 1 aromatic heterocycles. The number of carbonyl (C=O) groups excluding carboxylic acids is 1. The zero-order chi connectivity index (χ0) is 22.6. The highest BCUT2D eigenvalue weighted by molar-refractivity contribution is 7.89. The number of nitrogens with zero attached hydrogens (tertiary/aromatic N) is 4. The molecule has 3 N–H and O–H groups in total. The number of quaternary nitrogens is 1. The van der Waals surface area contributed by atoms with Crippen LogP contribution in [0.15, 0.2) is 41.1 Å². The fourth-order valence-electron chi connectivity index (χ4n) is 2.89. The summed E-state index contributed by atoms with van der Waals surface area (Å²) >= 11 is 0. The summed E-state index contributed by atoms with van der Waals surface area (Å²) in [6.45, 7) is 2.04. The maximum Gasteiger partial charge on any atom is 0.274 e. The SMILES string of the molecule is Cc1c(Cc2ccc(S(=O)(=O)N(C)C)cc2)c(C(=O)N(C)C)nn1CC(F)=CC[NH3+]. The van der Waals surface area contributed by atoms with Gasteiger partial charge in [0.2, 0.25) is 10.0 Å². The first kappa shape index (κ1) is 23.7. The molecular formula is C20H29FN5O3S+. The average Bonchev–Trinajstić information content (AvgIpc) is 2.97. The van der Waals surface area contributed by atoms with Gasteiger partial charge in [-0.1, -0.05) is 12.1 Å². The molecule has 0 aliphatic heterocycles. The Kier molecular flexibility index (Phi) is 7.51. The third kappa shape index (κ3) is 5.13. The van der Waals surface area contributed by atoms with Crippen LogP contribution in [0.5, 0.6) is 0 Å². The number of allylic oxidation sites excluding steroid dienone is 1. The third-order valence-electron chi connectivity index (χ3n) is 4.69. The van der Waals surface area contributed by atoms with E-state index >= 15 is 0 Å². The Morgan fingerprint density at radius 2 is 1.80 bits per heavy atom. The van der Waals surface area contributed by atoms with E-state index in [-0.39, 0.29) is 28.9 Å². The minimum absolute atomic E-state index is 0.0743. The first-order valence-corrected chi connectivity index (χ1v) is 10.9. The van der Waals surface area contributed by atoms with Crippen LogP contribution in [0.2, 0.25) is 0 Å². The Labute approximate surface area is 176 Å². The maximum atomic E-state index is 14.0. The Morgan fingerprint density at radius 1 is 1.20 bits per heavy atom. The second-order valence-corrected chi connectivity index (χ2v) is 9.47. The second-order valence-electron chi connectivity index (χ2n) is 7.32. The van der Waals surface area contributed by atoms with Crippen molar-refractivity contribution in [1.82, 2.24) is 19.0 Å². The Hall–Kier alpha value is -2.56. The summed E-state index contributed by atoms with van der Waals surface area (Å²) < 4.78 is 41.1. The molecular weight excluding hydrogens is 409 g/mol. The number of carbonyl (C=O) groups is 1. The molecule has 2 rings (SSSR count). The lowest BCUT2D eigenvalue weighted by Gasteiger charge is -2.12. The summed E-state index contributed by atoms with van der Waals surface area (Å²) in [5.74, 6) is -0.649. The highest BCUT2D eigenvalue weighted by atomic mass is 32.2. The quantitative estimate of drug-likeness (QED) is 0.659. The van der Waals surface area contributed by atoms with Crippen LogP contribution in [0, 0.1) is 6.92 Å². The molecule has 1 heterocycles. The standard InChI is InChI=1S/C20H28FN5O3S/c1-14-18(12-15-6-8-17(9-7-15)30(28,29)25(4)5)19(20(27)24(2)3)23-26(14)13-16(21)10-11-22/h6-10H,11-13,22H2,1-5H3/p+1. The molecule has 0 spiro atoms. The van der Waals surface area contributed by atoms with E-state index in [4.69, 9.17) is 0 Å². The van der Waals surface area contributed by atoms with Gasteiger partial charge in [0.15, 0.2) is 5.69 Å². The molecule has 0 fully saturated rings. The third-order valence-corrected chi connectivity index (χ3v) is 6.52. The van der Waals surface area contributed by atoms with Gasteiger partial charge in [0.05, 0.1) is 18.0 Å². The predicted molar refractivity (Wildman–Crippen MR) is 112 cm³/mol. The summed E-state index contributed by atoms with van der Waals surface area (Å²) in [5.41, 5.74) is 6.03. The van der Waals surface area contributed by atoms with E-state index in [1.54, 1.807) is 33.2 Å². The van der Waals surface area contributed by atoms with E-state index in [2.05, 4.69) is 10.8 Å². The molecule has 0 atom stereocenters. The Balaban J connectivity index is 2.43. The molecule has 10 heteroatoms. The molecule has 0 unspecified atom stereocenters. The summed E-state index contributed by atoms with van der Waals surface area (Å²) in [6, 6.07) is 6.49. The number of hydrogen-bond donors (Lipinski definition) is 1. The van der Waals surface area contributed by atoms with Crippen LogP contribution in [-0.2, 0) is 23.0 Å². The van der Waals surface area contributed by atoms with Crippen molar-refractivity contribution in [1.29, 1.82) is 0 Å². The van der Waals surface area contributed by atoms with Crippen molar-refractivity contribution >= 4 is 15.9 Å². The molecule has 164 valence electrons. The van der Waals surface area contributed by atoms with Crippen LogP contribution >= 0.6 is 0 Å². The Morgan fingerprint density at radius 3 is 2.30 bits per heavy atom. The maximum absolute atomic E-state index is 14.0. The lowest BCUT2D eigenvalue weighted by atomic mass is 10.0. The van der Waals surface area contributed by atoms with Crippen molar-refractivity contribution in [3.8, 4) is 0 Å². The van der Waals surface area contributed by atoms with Gasteiger partial charge >= 0.3 is 0 Å². The van der Waals surface area contributed by atoms with Gasteiger partial charge in [0.1, 0.15) is 5.83 Å². The number of rotatable bonds is 8. The van der Waals surface area contributed by atoms with Gasteiger partial charge in [-0.3, -0.25) is 9.48 Å². The summed E-state index contributed by atoms with van der Waals surface area (Å²) in [7, 11) is 2.69. The van der Waals surface area contributed by atoms with Gasteiger partial charge in [-0.15, -0.1) is 0 Å².